The van der Waals surface area contributed by atoms with Crippen molar-refractivity contribution in [1.82, 2.24) is 0 Å². The van der Waals surface area contributed by atoms with E-state index in [9.17, 15) is 4.79 Å². The van der Waals surface area contributed by atoms with E-state index in [4.69, 9.17) is 4.74 Å². The van der Waals surface area contributed by atoms with Crippen LogP contribution in [0.2, 0.25) is 0 Å². The summed E-state index contributed by atoms with van der Waals surface area (Å²) >= 11 is 0. The lowest BCUT2D eigenvalue weighted by Gasteiger charge is -2.06. The van der Waals surface area contributed by atoms with E-state index >= 15 is 0 Å². The average Bonchev–Trinajstić information content (AvgIpc) is 2.37. The Hall–Kier alpha value is -0.630. The van der Waals surface area contributed by atoms with E-state index in [0.29, 0.717) is 25.2 Å². The Morgan fingerprint density at radius 1 is 1.73 bits per heavy atom. The van der Waals surface area contributed by atoms with Gasteiger partial charge in [-0.1, -0.05) is 12.2 Å². The van der Waals surface area contributed by atoms with Gasteiger partial charge in [0.25, 0.3) is 0 Å². The lowest BCUT2D eigenvalue weighted by Crippen LogP contribution is -2.08. The predicted octanol–water partition coefficient (Wildman–Crippen LogP) is 1.70. The molecule has 1 saturated carbocycles. The van der Waals surface area contributed by atoms with Crippen LogP contribution in [0.1, 0.15) is 26.2 Å². The maximum atomic E-state index is 10.8. The van der Waals surface area contributed by atoms with Crippen molar-refractivity contribution in [2.45, 2.75) is 32.3 Å². The molecule has 62 valence electrons. The molecule has 11 heavy (non-hydrogen) atoms. The summed E-state index contributed by atoms with van der Waals surface area (Å²) in [5, 5.41) is 0. The van der Waals surface area contributed by atoms with Crippen LogP contribution in [0.25, 0.3) is 0 Å². The van der Waals surface area contributed by atoms with Gasteiger partial charge in [-0.3, -0.25) is 4.79 Å². The fourth-order valence-corrected chi connectivity index (χ4v) is 1.21. The number of hydrogen-bond donors (Lipinski definition) is 0. The monoisotopic (exact) mass is 154 g/mol. The lowest BCUT2D eigenvalue weighted by atomic mass is 10.3. The maximum absolute atomic E-state index is 10.8. The fourth-order valence-electron chi connectivity index (χ4n) is 1.21. The number of ether oxygens (including phenoxy) is 1. The molecule has 0 amide bonds. The molecule has 2 heteroatoms. The number of Topliss-reactive ketones (excluding diaryl/α,β-unsaturated/α-hetero) is 1. The van der Waals surface area contributed by atoms with Crippen molar-refractivity contribution in [3.63, 3.8) is 0 Å². The molecule has 0 aromatic heterocycles. The van der Waals surface area contributed by atoms with Crippen LogP contribution < -0.4 is 0 Å². The third-order valence-corrected chi connectivity index (χ3v) is 1.86. The fraction of sp³-hybridized carbons (Fsp3) is 0.667. The second kappa shape index (κ2) is 4.29. The van der Waals surface area contributed by atoms with Crippen molar-refractivity contribution >= 4 is 5.78 Å². The highest BCUT2D eigenvalue weighted by atomic mass is 16.5. The van der Waals surface area contributed by atoms with Gasteiger partial charge in [-0.15, -0.1) is 0 Å². The molecule has 1 atom stereocenters. The van der Waals surface area contributed by atoms with Gasteiger partial charge in [0.2, 0.25) is 0 Å². The van der Waals surface area contributed by atoms with Gasteiger partial charge in [-0.2, -0.15) is 0 Å². The van der Waals surface area contributed by atoms with Crippen LogP contribution >= 0.6 is 0 Å². The van der Waals surface area contributed by atoms with E-state index in [2.05, 4.69) is 0 Å². The second-order valence-corrected chi connectivity index (χ2v) is 2.81. The zero-order chi connectivity index (χ0) is 8.10. The standard InChI is InChI=1S/C9H14O2/c1-2-3-6-11-9-5-4-8(10)7-9/h2-3,9H,4-7H2,1H3. The maximum Gasteiger partial charge on any atom is 0.135 e. The molecule has 0 radical (unpaired) electrons. The van der Waals surface area contributed by atoms with Crippen LogP contribution in [0.3, 0.4) is 0 Å². The molecule has 0 aliphatic heterocycles. The molecule has 1 unspecified atom stereocenters. The van der Waals surface area contributed by atoms with Crippen LogP contribution in [0.5, 0.6) is 0 Å². The molecule has 1 rings (SSSR count). The molecule has 0 saturated heterocycles. The van der Waals surface area contributed by atoms with Gasteiger partial charge < -0.3 is 4.74 Å². The first kappa shape index (κ1) is 8.47. The SMILES string of the molecule is CC=CCOC1CCC(=O)C1. The van der Waals surface area contributed by atoms with Crippen molar-refractivity contribution in [3.05, 3.63) is 12.2 Å². The molecule has 0 spiro atoms. The molecule has 1 aliphatic carbocycles. The molecule has 0 N–H and O–H groups in total. The average molecular weight is 154 g/mol. The van der Waals surface area contributed by atoms with Crippen LogP contribution in [0.15, 0.2) is 12.2 Å². The normalized spacial score (nSPS) is 25.2. The van der Waals surface area contributed by atoms with Crippen LogP contribution in [0.4, 0.5) is 0 Å². The Morgan fingerprint density at radius 3 is 3.09 bits per heavy atom. The minimum atomic E-state index is 0.193. The lowest BCUT2D eigenvalue weighted by molar-refractivity contribution is -0.118. The summed E-state index contributed by atoms with van der Waals surface area (Å²) in [6.07, 6.45) is 6.35. The van der Waals surface area contributed by atoms with Crippen LogP contribution in [0, 0.1) is 0 Å². The van der Waals surface area contributed by atoms with Gasteiger partial charge in [0.1, 0.15) is 5.78 Å². The quantitative estimate of drug-likeness (QED) is 0.578. The molecule has 1 fully saturated rings. The Bertz CT molecular complexity index is 161. The summed E-state index contributed by atoms with van der Waals surface area (Å²) in [5.74, 6) is 0.343. The van der Waals surface area contributed by atoms with E-state index in [1.54, 1.807) is 0 Å². The number of hydrogen-bond acceptors (Lipinski definition) is 2. The van der Waals surface area contributed by atoms with Crippen molar-refractivity contribution in [2.24, 2.45) is 0 Å². The van der Waals surface area contributed by atoms with E-state index in [1.165, 1.54) is 0 Å². The number of allylic oxidation sites excluding steroid dienone is 1. The topological polar surface area (TPSA) is 26.3 Å². The van der Waals surface area contributed by atoms with Crippen molar-refractivity contribution in [3.8, 4) is 0 Å². The molecule has 1 aliphatic rings. The molecule has 0 aromatic rings. The first-order valence-electron chi connectivity index (χ1n) is 4.07. The van der Waals surface area contributed by atoms with Crippen molar-refractivity contribution in [2.75, 3.05) is 6.61 Å². The molecular formula is C9H14O2. The third kappa shape index (κ3) is 2.85. The zero-order valence-corrected chi connectivity index (χ0v) is 6.88. The summed E-state index contributed by atoms with van der Waals surface area (Å²) in [4.78, 5) is 10.8. The second-order valence-electron chi connectivity index (χ2n) is 2.81. The predicted molar refractivity (Wildman–Crippen MR) is 43.4 cm³/mol. The Kier molecular flexibility index (Phi) is 3.30. The minimum Gasteiger partial charge on any atom is -0.374 e. The Labute approximate surface area is 67.2 Å². The van der Waals surface area contributed by atoms with Gasteiger partial charge in [-0.25, -0.2) is 0 Å². The summed E-state index contributed by atoms with van der Waals surface area (Å²) in [5.41, 5.74) is 0. The highest BCUT2D eigenvalue weighted by molar-refractivity contribution is 5.81. The third-order valence-electron chi connectivity index (χ3n) is 1.86. The summed E-state index contributed by atoms with van der Waals surface area (Å²) < 4.78 is 5.41. The van der Waals surface area contributed by atoms with Gasteiger partial charge >= 0.3 is 0 Å². The largest absolute Gasteiger partial charge is 0.374 e. The van der Waals surface area contributed by atoms with E-state index in [1.807, 2.05) is 19.1 Å². The zero-order valence-electron chi connectivity index (χ0n) is 6.88. The Balaban J connectivity index is 2.13. The van der Waals surface area contributed by atoms with E-state index < -0.39 is 0 Å². The molecule has 0 heterocycles. The number of ketones is 1. The first-order valence-corrected chi connectivity index (χ1v) is 4.07. The van der Waals surface area contributed by atoms with E-state index in [0.717, 1.165) is 6.42 Å². The molecule has 0 aromatic carbocycles. The highest BCUT2D eigenvalue weighted by Gasteiger charge is 2.21. The van der Waals surface area contributed by atoms with E-state index in [-0.39, 0.29) is 6.10 Å². The minimum absolute atomic E-state index is 0.193. The van der Waals surface area contributed by atoms with Gasteiger partial charge in [0.15, 0.2) is 0 Å². The molecule has 0 bridgehead atoms. The number of carbonyl (C=O) groups excluding carboxylic acids is 1. The Morgan fingerprint density at radius 2 is 2.55 bits per heavy atom. The summed E-state index contributed by atoms with van der Waals surface area (Å²) in [7, 11) is 0. The smallest absolute Gasteiger partial charge is 0.135 e. The number of carbonyl (C=O) groups is 1. The highest BCUT2D eigenvalue weighted by Crippen LogP contribution is 2.17. The van der Waals surface area contributed by atoms with Crippen molar-refractivity contribution in [1.29, 1.82) is 0 Å². The molecule has 2 nitrogen and oxygen atoms in total. The van der Waals surface area contributed by atoms with Crippen molar-refractivity contribution < 1.29 is 9.53 Å². The van der Waals surface area contributed by atoms with Crippen LogP contribution in [-0.4, -0.2) is 18.5 Å². The molecular weight excluding hydrogens is 140 g/mol. The van der Waals surface area contributed by atoms with Gasteiger partial charge in [0.05, 0.1) is 12.7 Å². The summed E-state index contributed by atoms with van der Waals surface area (Å²) in [6, 6.07) is 0. The number of rotatable bonds is 3. The van der Waals surface area contributed by atoms with Gasteiger partial charge in [-0.05, 0) is 13.3 Å². The van der Waals surface area contributed by atoms with Gasteiger partial charge in [0, 0.05) is 12.8 Å². The first-order chi connectivity index (χ1) is 5.33. The summed E-state index contributed by atoms with van der Waals surface area (Å²) in [6.45, 7) is 2.61. The van der Waals surface area contributed by atoms with Crippen LogP contribution in [-0.2, 0) is 9.53 Å².